The second-order valence-corrected chi connectivity index (χ2v) is 4.65. The van der Waals surface area contributed by atoms with Crippen molar-refractivity contribution in [2.24, 2.45) is 5.73 Å². The van der Waals surface area contributed by atoms with Crippen molar-refractivity contribution < 1.29 is 0 Å². The van der Waals surface area contributed by atoms with E-state index in [1.54, 1.807) is 0 Å². The number of rotatable bonds is 2. The summed E-state index contributed by atoms with van der Waals surface area (Å²) in [6.07, 6.45) is 5.76. The minimum absolute atomic E-state index is 0.0424. The van der Waals surface area contributed by atoms with E-state index in [9.17, 15) is 0 Å². The molecular formula is C12H16N4. The van der Waals surface area contributed by atoms with E-state index < -0.39 is 0 Å². The van der Waals surface area contributed by atoms with Crippen LogP contribution in [0.5, 0.6) is 0 Å². The molecule has 0 spiro atoms. The fourth-order valence-electron chi connectivity index (χ4n) is 2.02. The summed E-state index contributed by atoms with van der Waals surface area (Å²) in [5.74, 6) is 1.58. The van der Waals surface area contributed by atoms with Crippen molar-refractivity contribution in [2.75, 3.05) is 0 Å². The van der Waals surface area contributed by atoms with Gasteiger partial charge in [-0.25, -0.2) is 9.50 Å². The van der Waals surface area contributed by atoms with Gasteiger partial charge in [-0.15, -0.1) is 0 Å². The van der Waals surface area contributed by atoms with E-state index >= 15 is 0 Å². The Labute approximate surface area is 94.5 Å². The lowest BCUT2D eigenvalue weighted by Gasteiger charge is -2.21. The van der Waals surface area contributed by atoms with Crippen LogP contribution in [0, 0.1) is 0 Å². The Morgan fingerprint density at radius 3 is 2.88 bits per heavy atom. The molecule has 4 heteroatoms. The highest BCUT2D eigenvalue weighted by Crippen LogP contribution is 2.34. The molecule has 1 atom stereocenters. The fraction of sp³-hybridized carbons (Fsp3) is 0.500. The van der Waals surface area contributed by atoms with Crippen LogP contribution in [0.3, 0.4) is 0 Å². The van der Waals surface area contributed by atoms with Crippen molar-refractivity contribution in [2.45, 2.75) is 38.1 Å². The zero-order valence-electron chi connectivity index (χ0n) is 9.43. The lowest BCUT2D eigenvalue weighted by atomic mass is 9.85. The Bertz CT molecular complexity index is 511. The quantitative estimate of drug-likeness (QED) is 0.835. The van der Waals surface area contributed by atoms with Gasteiger partial charge in [0.05, 0.1) is 0 Å². The van der Waals surface area contributed by atoms with E-state index in [2.05, 4.69) is 10.1 Å². The van der Waals surface area contributed by atoms with Crippen LogP contribution >= 0.6 is 0 Å². The van der Waals surface area contributed by atoms with E-state index in [0.29, 0.717) is 5.92 Å². The molecule has 2 aromatic heterocycles. The Kier molecular flexibility index (Phi) is 2.17. The topological polar surface area (TPSA) is 56.2 Å². The molecule has 0 aliphatic heterocycles. The summed E-state index contributed by atoms with van der Waals surface area (Å²) < 4.78 is 1.85. The maximum atomic E-state index is 5.85. The van der Waals surface area contributed by atoms with Crippen molar-refractivity contribution >= 4 is 5.65 Å². The summed E-state index contributed by atoms with van der Waals surface area (Å²) in [5, 5.41) is 4.53. The van der Waals surface area contributed by atoms with Crippen LogP contribution in [0.1, 0.15) is 49.5 Å². The normalized spacial score (nSPS) is 18.6. The van der Waals surface area contributed by atoms with Gasteiger partial charge in [0.1, 0.15) is 0 Å². The first-order valence-electron chi connectivity index (χ1n) is 5.86. The molecule has 16 heavy (non-hydrogen) atoms. The first-order valence-corrected chi connectivity index (χ1v) is 5.86. The predicted octanol–water partition coefficient (Wildman–Crippen LogP) is 2.02. The molecule has 1 saturated carbocycles. The summed E-state index contributed by atoms with van der Waals surface area (Å²) in [7, 11) is 0. The standard InChI is InChI=1S/C12H16N4/c1-8(13)10-5-6-11-14-12(9-3-2-4-9)15-16(11)7-10/h5-9H,2-4,13H2,1H3. The predicted molar refractivity (Wildman–Crippen MR) is 62.2 cm³/mol. The van der Waals surface area contributed by atoms with Crippen molar-refractivity contribution in [3.8, 4) is 0 Å². The van der Waals surface area contributed by atoms with Crippen LogP contribution < -0.4 is 5.73 Å². The van der Waals surface area contributed by atoms with Crippen molar-refractivity contribution in [1.82, 2.24) is 14.6 Å². The molecule has 1 unspecified atom stereocenters. The first kappa shape index (κ1) is 9.78. The summed E-state index contributed by atoms with van der Waals surface area (Å²) in [5.41, 5.74) is 7.86. The molecule has 0 saturated heterocycles. The number of pyridine rings is 1. The Morgan fingerprint density at radius 2 is 2.25 bits per heavy atom. The highest BCUT2D eigenvalue weighted by Gasteiger charge is 2.23. The zero-order valence-corrected chi connectivity index (χ0v) is 9.43. The van der Waals surface area contributed by atoms with Gasteiger partial charge >= 0.3 is 0 Å². The number of nitrogens with two attached hydrogens (primary N) is 1. The molecule has 3 rings (SSSR count). The maximum Gasteiger partial charge on any atom is 0.155 e. The molecule has 0 bridgehead atoms. The molecule has 2 aromatic rings. The highest BCUT2D eigenvalue weighted by molar-refractivity contribution is 5.39. The molecule has 1 fully saturated rings. The van der Waals surface area contributed by atoms with Gasteiger partial charge in [-0.1, -0.05) is 12.5 Å². The third-order valence-electron chi connectivity index (χ3n) is 3.37. The van der Waals surface area contributed by atoms with Crippen LogP contribution in [-0.2, 0) is 0 Å². The summed E-state index contributed by atoms with van der Waals surface area (Å²) in [6.45, 7) is 1.98. The smallest absolute Gasteiger partial charge is 0.155 e. The van der Waals surface area contributed by atoms with Crippen LogP contribution in [0.15, 0.2) is 18.3 Å². The number of hydrogen-bond acceptors (Lipinski definition) is 3. The van der Waals surface area contributed by atoms with Crippen molar-refractivity contribution in [1.29, 1.82) is 0 Å². The van der Waals surface area contributed by atoms with Gasteiger partial charge in [0.25, 0.3) is 0 Å². The number of aromatic nitrogens is 3. The minimum Gasteiger partial charge on any atom is -0.324 e. The van der Waals surface area contributed by atoms with Crippen molar-refractivity contribution in [3.63, 3.8) is 0 Å². The maximum absolute atomic E-state index is 5.85. The van der Waals surface area contributed by atoms with Crippen LogP contribution in [0.25, 0.3) is 5.65 Å². The van der Waals surface area contributed by atoms with E-state index in [1.807, 2.05) is 29.8 Å². The monoisotopic (exact) mass is 216 g/mol. The lowest BCUT2D eigenvalue weighted by Crippen LogP contribution is -2.10. The average molecular weight is 216 g/mol. The summed E-state index contributed by atoms with van der Waals surface area (Å²) >= 11 is 0. The van der Waals surface area contributed by atoms with E-state index in [-0.39, 0.29) is 6.04 Å². The Morgan fingerprint density at radius 1 is 1.44 bits per heavy atom. The Hall–Kier alpha value is -1.42. The number of hydrogen-bond donors (Lipinski definition) is 1. The molecule has 2 heterocycles. The molecular weight excluding hydrogens is 200 g/mol. The lowest BCUT2D eigenvalue weighted by molar-refractivity contribution is 0.402. The molecule has 84 valence electrons. The SMILES string of the molecule is CC(N)c1ccc2nc(C3CCC3)nn2c1. The Balaban J connectivity index is 2.03. The van der Waals surface area contributed by atoms with Gasteiger partial charge in [0, 0.05) is 18.2 Å². The summed E-state index contributed by atoms with van der Waals surface area (Å²) in [6, 6.07) is 4.06. The van der Waals surface area contributed by atoms with E-state index in [0.717, 1.165) is 17.0 Å². The molecule has 1 aliphatic rings. The highest BCUT2D eigenvalue weighted by atomic mass is 15.3. The second-order valence-electron chi connectivity index (χ2n) is 4.65. The van der Waals surface area contributed by atoms with Gasteiger partial charge in [0.2, 0.25) is 0 Å². The van der Waals surface area contributed by atoms with E-state index in [4.69, 9.17) is 5.73 Å². The average Bonchev–Trinajstić information content (AvgIpc) is 2.56. The fourth-order valence-corrected chi connectivity index (χ4v) is 2.02. The van der Waals surface area contributed by atoms with Gasteiger partial charge in [0.15, 0.2) is 11.5 Å². The van der Waals surface area contributed by atoms with Gasteiger partial charge < -0.3 is 5.73 Å². The van der Waals surface area contributed by atoms with Crippen molar-refractivity contribution in [3.05, 3.63) is 29.7 Å². The first-order chi connectivity index (χ1) is 7.74. The largest absolute Gasteiger partial charge is 0.324 e. The van der Waals surface area contributed by atoms with Gasteiger partial charge in [-0.3, -0.25) is 0 Å². The van der Waals surface area contributed by atoms with Gasteiger partial charge in [-0.2, -0.15) is 5.10 Å². The van der Waals surface area contributed by atoms with Crippen LogP contribution in [0.4, 0.5) is 0 Å². The second kappa shape index (κ2) is 3.56. The molecule has 1 aliphatic carbocycles. The number of nitrogens with zero attached hydrogens (tertiary/aromatic N) is 3. The van der Waals surface area contributed by atoms with E-state index in [1.165, 1.54) is 19.3 Å². The van der Waals surface area contributed by atoms with Gasteiger partial charge in [-0.05, 0) is 31.4 Å². The molecule has 4 nitrogen and oxygen atoms in total. The van der Waals surface area contributed by atoms with Crippen LogP contribution in [-0.4, -0.2) is 14.6 Å². The third-order valence-corrected chi connectivity index (χ3v) is 3.37. The zero-order chi connectivity index (χ0) is 11.1. The number of fused-ring (bicyclic) bond motifs is 1. The minimum atomic E-state index is 0.0424. The molecule has 0 radical (unpaired) electrons. The molecule has 0 amide bonds. The third kappa shape index (κ3) is 1.50. The molecule has 2 N–H and O–H groups in total. The van der Waals surface area contributed by atoms with Crippen LogP contribution in [0.2, 0.25) is 0 Å². The molecule has 0 aromatic carbocycles. The summed E-state index contributed by atoms with van der Waals surface area (Å²) in [4.78, 5) is 4.55.